The number of benzene rings is 5. The summed E-state index contributed by atoms with van der Waals surface area (Å²) in [6.07, 6.45) is 9.66. The molecule has 0 saturated heterocycles. The number of rotatable bonds is 7. The van der Waals surface area contributed by atoms with Crippen molar-refractivity contribution in [2.45, 2.75) is 42.4 Å². The summed E-state index contributed by atoms with van der Waals surface area (Å²) in [5, 5.41) is 5.16. The Morgan fingerprint density at radius 2 is 1.33 bits per heavy atom. The third kappa shape index (κ3) is 4.42. The van der Waals surface area contributed by atoms with E-state index in [2.05, 4.69) is 121 Å². The molecule has 1 heterocycles. The van der Waals surface area contributed by atoms with E-state index >= 15 is 0 Å². The van der Waals surface area contributed by atoms with Crippen LogP contribution < -0.4 is 4.90 Å². The van der Waals surface area contributed by atoms with Crippen LogP contribution in [0.4, 0.5) is 11.4 Å². The van der Waals surface area contributed by atoms with Gasteiger partial charge in [-0.3, -0.25) is 0 Å². The molecule has 0 N–H and O–H groups in total. The number of anilines is 2. The average molecular weight is 486 g/mol. The van der Waals surface area contributed by atoms with Gasteiger partial charge >= 0.3 is 0 Å². The maximum atomic E-state index is 2.56. The van der Waals surface area contributed by atoms with Crippen molar-refractivity contribution in [1.82, 2.24) is 0 Å². The highest BCUT2D eigenvalue weighted by Crippen LogP contribution is 2.49. The molecule has 0 saturated carbocycles. The molecule has 178 valence electrons. The van der Waals surface area contributed by atoms with Gasteiger partial charge in [0.1, 0.15) is 0 Å². The summed E-state index contributed by atoms with van der Waals surface area (Å²) in [7, 11) is 0. The standard InChI is InChI=1S/C34H31NS/c1-2-3-4-9-22-35-31-17-7-8-18-32(31)36-33-19-11-15-26(34(33)35)21-20-25-14-10-16-29-23-27-12-5-6-13-28(27)24-30(25)29/h5-8,10-21,23-24H,2-4,9,22H2,1H3. The molecule has 1 nitrogen and oxygen atoms in total. The molecule has 0 fully saturated rings. The lowest BCUT2D eigenvalue weighted by atomic mass is 9.99. The van der Waals surface area contributed by atoms with Crippen LogP contribution in [-0.2, 0) is 0 Å². The summed E-state index contributed by atoms with van der Waals surface area (Å²) in [4.78, 5) is 5.26. The molecule has 1 aliphatic heterocycles. The summed E-state index contributed by atoms with van der Waals surface area (Å²) in [6, 6.07) is 35.5. The summed E-state index contributed by atoms with van der Waals surface area (Å²) in [6.45, 7) is 3.33. The van der Waals surface area contributed by atoms with Crippen molar-refractivity contribution in [2.24, 2.45) is 0 Å². The van der Waals surface area contributed by atoms with E-state index in [1.54, 1.807) is 0 Å². The first-order valence-corrected chi connectivity index (χ1v) is 13.9. The molecule has 0 atom stereocenters. The summed E-state index contributed by atoms with van der Waals surface area (Å²) in [5.41, 5.74) is 5.22. The van der Waals surface area contributed by atoms with E-state index in [9.17, 15) is 0 Å². The predicted octanol–water partition coefficient (Wildman–Crippen LogP) is 10.3. The second-order valence-corrected chi connectivity index (χ2v) is 10.7. The molecule has 1 aliphatic rings. The fraction of sp³-hybridized carbons (Fsp3) is 0.176. The molecule has 0 radical (unpaired) electrons. The Bertz CT molecular complexity index is 1560. The van der Waals surface area contributed by atoms with Gasteiger partial charge in [-0.2, -0.15) is 0 Å². The van der Waals surface area contributed by atoms with Crippen LogP contribution in [0.2, 0.25) is 0 Å². The van der Waals surface area contributed by atoms with Crippen molar-refractivity contribution in [2.75, 3.05) is 11.4 Å². The first-order chi connectivity index (χ1) is 17.8. The number of hydrogen-bond acceptors (Lipinski definition) is 2. The van der Waals surface area contributed by atoms with Crippen LogP contribution in [0, 0.1) is 0 Å². The number of hydrogen-bond donors (Lipinski definition) is 0. The van der Waals surface area contributed by atoms with Crippen LogP contribution >= 0.6 is 11.8 Å². The van der Waals surface area contributed by atoms with Gasteiger partial charge in [0.25, 0.3) is 0 Å². The maximum Gasteiger partial charge on any atom is 0.0626 e. The van der Waals surface area contributed by atoms with Crippen LogP contribution in [0.15, 0.2) is 107 Å². The Morgan fingerprint density at radius 1 is 0.639 bits per heavy atom. The highest BCUT2D eigenvalue weighted by molar-refractivity contribution is 7.99. The van der Waals surface area contributed by atoms with Crippen molar-refractivity contribution in [1.29, 1.82) is 0 Å². The Morgan fingerprint density at radius 3 is 2.22 bits per heavy atom. The van der Waals surface area contributed by atoms with Crippen molar-refractivity contribution in [3.05, 3.63) is 108 Å². The molecule has 2 heteroatoms. The maximum absolute atomic E-state index is 2.56. The van der Waals surface area contributed by atoms with Gasteiger partial charge in [0.05, 0.1) is 11.4 Å². The Labute approximate surface area is 218 Å². The zero-order chi connectivity index (χ0) is 24.3. The van der Waals surface area contributed by atoms with Gasteiger partial charge < -0.3 is 4.90 Å². The second-order valence-electron chi connectivity index (χ2n) is 9.58. The fourth-order valence-electron chi connectivity index (χ4n) is 5.30. The first kappa shape index (κ1) is 22.9. The molecule has 0 unspecified atom stereocenters. The quantitative estimate of drug-likeness (QED) is 0.128. The summed E-state index contributed by atoms with van der Waals surface area (Å²) >= 11 is 1.89. The van der Waals surface area contributed by atoms with Crippen molar-refractivity contribution in [3.63, 3.8) is 0 Å². The van der Waals surface area contributed by atoms with E-state index in [1.807, 2.05) is 11.8 Å². The molecular formula is C34H31NS. The lowest BCUT2D eigenvalue weighted by molar-refractivity contribution is 0.665. The SMILES string of the molecule is CCCCCCN1c2ccccc2Sc2cccc(C=Cc3cccc4cc5ccccc5cc34)c21. The third-order valence-corrected chi connectivity index (χ3v) is 8.25. The number of unbranched alkanes of at least 4 members (excludes halogenated alkanes) is 3. The van der Waals surface area contributed by atoms with Gasteiger partial charge in [-0.25, -0.2) is 0 Å². The molecule has 0 spiro atoms. The van der Waals surface area contributed by atoms with E-state index in [0.717, 1.165) is 6.54 Å². The van der Waals surface area contributed by atoms with Crippen LogP contribution in [0.3, 0.4) is 0 Å². The number of nitrogens with zero attached hydrogens (tertiary/aromatic N) is 1. The van der Waals surface area contributed by atoms with Crippen LogP contribution in [-0.4, -0.2) is 6.54 Å². The molecule has 0 amide bonds. The van der Waals surface area contributed by atoms with Gasteiger partial charge in [0.2, 0.25) is 0 Å². The van der Waals surface area contributed by atoms with Crippen LogP contribution in [0.5, 0.6) is 0 Å². The van der Waals surface area contributed by atoms with Gasteiger partial charge in [-0.05, 0) is 69.4 Å². The monoisotopic (exact) mass is 485 g/mol. The van der Waals surface area contributed by atoms with E-state index in [0.29, 0.717) is 0 Å². The number of fused-ring (bicyclic) bond motifs is 4. The normalized spacial score (nSPS) is 12.9. The zero-order valence-electron chi connectivity index (χ0n) is 20.8. The van der Waals surface area contributed by atoms with Gasteiger partial charge in [0.15, 0.2) is 0 Å². The Kier molecular flexibility index (Phi) is 6.53. The van der Waals surface area contributed by atoms with Gasteiger partial charge in [-0.1, -0.05) is 117 Å². The zero-order valence-corrected chi connectivity index (χ0v) is 21.6. The molecule has 0 bridgehead atoms. The molecule has 5 aromatic carbocycles. The van der Waals surface area contributed by atoms with Crippen LogP contribution in [0.1, 0.15) is 43.7 Å². The molecule has 6 rings (SSSR count). The minimum absolute atomic E-state index is 1.05. The summed E-state index contributed by atoms with van der Waals surface area (Å²) < 4.78 is 0. The third-order valence-electron chi connectivity index (χ3n) is 7.13. The molecular weight excluding hydrogens is 454 g/mol. The van der Waals surface area contributed by atoms with Gasteiger partial charge in [-0.15, -0.1) is 0 Å². The highest BCUT2D eigenvalue weighted by Gasteiger charge is 2.24. The average Bonchev–Trinajstić information content (AvgIpc) is 2.92. The van der Waals surface area contributed by atoms with Gasteiger partial charge in [0, 0.05) is 16.3 Å². The Balaban J connectivity index is 1.40. The minimum atomic E-state index is 1.05. The Hall–Kier alpha value is -3.49. The topological polar surface area (TPSA) is 3.24 Å². The fourth-order valence-corrected chi connectivity index (χ4v) is 6.43. The lowest BCUT2D eigenvalue weighted by Crippen LogP contribution is -2.22. The molecule has 36 heavy (non-hydrogen) atoms. The largest absolute Gasteiger partial charge is 0.339 e. The van der Waals surface area contributed by atoms with E-state index in [-0.39, 0.29) is 0 Å². The van der Waals surface area contributed by atoms with E-state index < -0.39 is 0 Å². The molecule has 0 aliphatic carbocycles. The lowest BCUT2D eigenvalue weighted by Gasteiger charge is -2.34. The number of para-hydroxylation sites is 2. The van der Waals surface area contributed by atoms with Crippen molar-refractivity contribution < 1.29 is 0 Å². The highest BCUT2D eigenvalue weighted by atomic mass is 32.2. The second kappa shape index (κ2) is 10.2. The smallest absolute Gasteiger partial charge is 0.0626 e. The van der Waals surface area contributed by atoms with E-state index in [4.69, 9.17) is 0 Å². The molecule has 0 aromatic heterocycles. The van der Waals surface area contributed by atoms with Crippen molar-refractivity contribution in [3.8, 4) is 0 Å². The predicted molar refractivity (Wildman–Crippen MR) is 159 cm³/mol. The first-order valence-electron chi connectivity index (χ1n) is 13.1. The summed E-state index contributed by atoms with van der Waals surface area (Å²) in [5.74, 6) is 0. The minimum Gasteiger partial charge on any atom is -0.339 e. The van der Waals surface area contributed by atoms with Crippen LogP contribution in [0.25, 0.3) is 33.7 Å². The molecule has 5 aromatic rings. The van der Waals surface area contributed by atoms with Crippen molar-refractivity contribution >= 4 is 56.8 Å². The van der Waals surface area contributed by atoms with E-state index in [1.165, 1.54) is 79.5 Å².